The molecule has 2 aliphatic heterocycles. The number of hydrogen-bond donors (Lipinski definition) is 0. The second kappa shape index (κ2) is 7.96. The molecule has 4 unspecified atom stereocenters. The van der Waals surface area contributed by atoms with Crippen molar-refractivity contribution in [2.45, 2.75) is 12.4 Å². The van der Waals surface area contributed by atoms with Crippen LogP contribution in [-0.4, -0.2) is 74.4 Å². The summed E-state index contributed by atoms with van der Waals surface area (Å²) in [7, 11) is -11.0. The lowest BCUT2D eigenvalue weighted by Crippen LogP contribution is -2.50. The standard InChI is InChI=1S/C16H12F6N2O10S2/c17-15(18,19)3-35(29,30)33-23-11(25)7-5-1-2-6(9(7)13(23)27)10-8(5)12(26)24(14(10)28)34-36(31,32)4-16(20,21)22/h1-2,5-10H,3-4H2. The van der Waals surface area contributed by atoms with Gasteiger partial charge >= 0.3 is 12.4 Å². The van der Waals surface area contributed by atoms with Crippen molar-refractivity contribution >= 4 is 43.9 Å². The van der Waals surface area contributed by atoms with Crippen molar-refractivity contribution in [1.29, 1.82) is 0 Å². The molecule has 0 spiro atoms. The molecule has 5 aliphatic rings. The molecule has 0 aromatic heterocycles. The average Bonchev–Trinajstić information content (AvgIpc) is 3.07. The fourth-order valence-electron chi connectivity index (χ4n) is 5.00. The van der Waals surface area contributed by atoms with Gasteiger partial charge < -0.3 is 0 Å². The Morgan fingerprint density at radius 2 is 0.861 bits per heavy atom. The molecule has 4 amide bonds. The molecule has 3 aliphatic carbocycles. The number of halogens is 6. The van der Waals surface area contributed by atoms with Gasteiger partial charge in [-0.25, -0.2) is 0 Å². The summed E-state index contributed by atoms with van der Waals surface area (Å²) in [5.74, 6) is -19.9. The van der Waals surface area contributed by atoms with Crippen molar-refractivity contribution in [2.24, 2.45) is 35.5 Å². The van der Waals surface area contributed by atoms with Crippen LogP contribution in [0.15, 0.2) is 12.2 Å². The molecule has 0 aromatic rings. The van der Waals surface area contributed by atoms with Gasteiger partial charge in [-0.1, -0.05) is 12.2 Å². The van der Waals surface area contributed by atoms with Crippen molar-refractivity contribution in [1.82, 2.24) is 10.1 Å². The van der Waals surface area contributed by atoms with E-state index in [1.54, 1.807) is 0 Å². The van der Waals surface area contributed by atoms with Gasteiger partial charge in [0.15, 0.2) is 11.5 Å². The molecule has 0 N–H and O–H groups in total. The van der Waals surface area contributed by atoms with Gasteiger partial charge in [0.25, 0.3) is 43.9 Å². The summed E-state index contributed by atoms with van der Waals surface area (Å²) in [6.07, 6.45) is -8.18. The molecule has 0 radical (unpaired) electrons. The number of alkyl halides is 6. The fourth-order valence-corrected chi connectivity index (χ4v) is 6.65. The molecule has 2 bridgehead atoms. The highest BCUT2D eigenvalue weighted by atomic mass is 32.2. The Morgan fingerprint density at radius 3 is 1.08 bits per heavy atom. The molecule has 20 heteroatoms. The van der Waals surface area contributed by atoms with Gasteiger partial charge in [-0.15, -0.1) is 18.7 Å². The molecule has 5 rings (SSSR count). The number of hydroxylamine groups is 4. The molecular weight excluding hydrogens is 558 g/mol. The molecule has 4 atom stereocenters. The maximum Gasteiger partial charge on any atom is 0.405 e. The highest BCUT2D eigenvalue weighted by molar-refractivity contribution is 7.87. The van der Waals surface area contributed by atoms with E-state index in [0.717, 1.165) is 0 Å². The summed E-state index contributed by atoms with van der Waals surface area (Å²) in [5.41, 5.74) is 0. The fraction of sp³-hybridized carbons (Fsp3) is 0.625. The number of allylic oxidation sites excluding steroid dienone is 2. The summed E-state index contributed by atoms with van der Waals surface area (Å²) in [6.45, 7) is 0. The number of amides is 4. The maximum atomic E-state index is 12.8. The van der Waals surface area contributed by atoms with Crippen LogP contribution in [0.1, 0.15) is 0 Å². The second-order valence-electron chi connectivity index (χ2n) is 8.37. The molecule has 200 valence electrons. The van der Waals surface area contributed by atoms with Crippen LogP contribution in [0.4, 0.5) is 26.3 Å². The largest absolute Gasteiger partial charge is 0.405 e. The van der Waals surface area contributed by atoms with Gasteiger partial charge in [0.1, 0.15) is 0 Å². The van der Waals surface area contributed by atoms with E-state index in [9.17, 15) is 62.4 Å². The van der Waals surface area contributed by atoms with Crippen molar-refractivity contribution in [3.05, 3.63) is 12.2 Å². The minimum atomic E-state index is -5.51. The first-order valence-corrected chi connectivity index (χ1v) is 12.8. The molecule has 12 nitrogen and oxygen atoms in total. The zero-order valence-corrected chi connectivity index (χ0v) is 18.7. The highest BCUT2D eigenvalue weighted by Crippen LogP contribution is 2.58. The summed E-state index contributed by atoms with van der Waals surface area (Å²) in [6, 6.07) is 0. The van der Waals surface area contributed by atoms with Crippen LogP contribution in [0.2, 0.25) is 0 Å². The summed E-state index contributed by atoms with van der Waals surface area (Å²) in [4.78, 5) is 51.1. The van der Waals surface area contributed by atoms with E-state index in [1.165, 1.54) is 12.2 Å². The van der Waals surface area contributed by atoms with Crippen LogP contribution in [0, 0.1) is 35.5 Å². The van der Waals surface area contributed by atoms with Crippen LogP contribution in [0.3, 0.4) is 0 Å². The predicted octanol–water partition coefficient (Wildman–Crippen LogP) is -0.348. The number of hydrogen-bond acceptors (Lipinski definition) is 10. The number of carbonyl (C=O) groups excluding carboxylic acids is 4. The first-order valence-electron chi connectivity index (χ1n) is 9.65. The minimum Gasteiger partial charge on any atom is -0.272 e. The SMILES string of the molecule is O=C1C2C3C=CC(C2C(=O)N1OS(=O)(=O)CC(F)(F)F)C1C(=O)N(OS(=O)(=O)CC(F)(F)F)C(=O)C31. The molecule has 3 fully saturated rings. The lowest BCUT2D eigenvalue weighted by molar-refractivity contribution is -0.168. The summed E-state index contributed by atoms with van der Waals surface area (Å²) >= 11 is 0. The Balaban J connectivity index is 1.61. The molecular formula is C16H12F6N2O10S2. The van der Waals surface area contributed by atoms with E-state index in [-0.39, 0.29) is 10.1 Å². The molecule has 36 heavy (non-hydrogen) atoms. The Kier molecular flexibility index (Phi) is 5.85. The Bertz CT molecular complexity index is 1150. The molecule has 1 saturated carbocycles. The molecule has 2 heterocycles. The van der Waals surface area contributed by atoms with Crippen molar-refractivity contribution in [2.75, 3.05) is 11.5 Å². The van der Waals surface area contributed by atoms with Crippen LogP contribution in [-0.2, 0) is 48.0 Å². The van der Waals surface area contributed by atoms with Gasteiger partial charge in [-0.3, -0.25) is 19.2 Å². The minimum absolute atomic E-state index is 0.387. The van der Waals surface area contributed by atoms with Crippen LogP contribution < -0.4 is 0 Å². The summed E-state index contributed by atoms with van der Waals surface area (Å²) in [5, 5.41) is -0.775. The third-order valence-corrected chi connectivity index (χ3v) is 8.10. The van der Waals surface area contributed by atoms with Crippen molar-refractivity contribution in [3.63, 3.8) is 0 Å². The number of imide groups is 2. The van der Waals surface area contributed by atoms with Gasteiger partial charge in [0.2, 0.25) is 0 Å². The van der Waals surface area contributed by atoms with E-state index in [1.807, 2.05) is 0 Å². The van der Waals surface area contributed by atoms with Gasteiger partial charge in [-0.2, -0.15) is 43.2 Å². The second-order valence-corrected chi connectivity index (χ2v) is 11.5. The monoisotopic (exact) mass is 570 g/mol. The molecule has 2 saturated heterocycles. The van der Waals surface area contributed by atoms with E-state index in [4.69, 9.17) is 0 Å². The number of nitrogens with zero attached hydrogens (tertiary/aromatic N) is 2. The Morgan fingerprint density at radius 1 is 0.611 bits per heavy atom. The third kappa shape index (κ3) is 4.50. The zero-order valence-electron chi connectivity index (χ0n) is 17.1. The van der Waals surface area contributed by atoms with E-state index >= 15 is 0 Å². The number of carbonyl (C=O) groups is 4. The Labute approximate surface area is 196 Å². The normalized spacial score (nSPS) is 32.5. The maximum absolute atomic E-state index is 12.8. The zero-order chi connectivity index (χ0) is 27.2. The predicted molar refractivity (Wildman–Crippen MR) is 95.6 cm³/mol. The lowest BCUT2D eigenvalue weighted by Gasteiger charge is -2.44. The summed E-state index contributed by atoms with van der Waals surface area (Å²) < 4.78 is 130. The first kappa shape index (κ1) is 26.5. The number of rotatable bonds is 6. The van der Waals surface area contributed by atoms with Crippen molar-refractivity contribution < 1.29 is 70.9 Å². The van der Waals surface area contributed by atoms with Gasteiger partial charge in [0.05, 0.1) is 23.7 Å². The van der Waals surface area contributed by atoms with Crippen LogP contribution in [0.5, 0.6) is 0 Å². The van der Waals surface area contributed by atoms with E-state index in [2.05, 4.69) is 8.57 Å². The van der Waals surface area contributed by atoms with Gasteiger partial charge in [0, 0.05) is 11.8 Å². The smallest absolute Gasteiger partial charge is 0.272 e. The van der Waals surface area contributed by atoms with Gasteiger partial charge in [-0.05, 0) is 0 Å². The van der Waals surface area contributed by atoms with Crippen LogP contribution >= 0.6 is 0 Å². The van der Waals surface area contributed by atoms with E-state index < -0.39 is 103 Å². The van der Waals surface area contributed by atoms with Crippen molar-refractivity contribution in [3.8, 4) is 0 Å². The quantitative estimate of drug-likeness (QED) is 0.235. The topological polar surface area (TPSA) is 161 Å². The highest BCUT2D eigenvalue weighted by Gasteiger charge is 2.70. The van der Waals surface area contributed by atoms with Crippen LogP contribution in [0.25, 0.3) is 0 Å². The third-order valence-electron chi connectivity index (χ3n) is 5.99. The molecule has 0 aromatic carbocycles. The van der Waals surface area contributed by atoms with E-state index in [0.29, 0.717) is 0 Å². The lowest BCUT2D eigenvalue weighted by atomic mass is 9.54. The average molecular weight is 570 g/mol. The Hall–Kier alpha value is -2.58. The first-order chi connectivity index (χ1) is 16.2.